The van der Waals surface area contributed by atoms with Gasteiger partial charge in [-0.05, 0) is 35.1 Å². The van der Waals surface area contributed by atoms with Gasteiger partial charge in [-0.2, -0.15) is 0 Å². The van der Waals surface area contributed by atoms with Crippen LogP contribution in [0.3, 0.4) is 0 Å². The Morgan fingerprint density at radius 3 is 2.07 bits per heavy atom. The summed E-state index contributed by atoms with van der Waals surface area (Å²) in [6.45, 7) is 5.35. The van der Waals surface area contributed by atoms with E-state index in [0.29, 0.717) is 19.0 Å². The molecule has 0 aromatic heterocycles. The maximum atomic E-state index is 13.8. The van der Waals surface area contributed by atoms with Crippen LogP contribution < -0.4 is 5.73 Å². The number of benzene rings is 3. The lowest BCUT2D eigenvalue weighted by Gasteiger charge is -2.33. The second kappa shape index (κ2) is 10.0. The summed E-state index contributed by atoms with van der Waals surface area (Å²) < 4.78 is 0. The first-order valence-electron chi connectivity index (χ1n) is 10.3. The first-order chi connectivity index (χ1) is 14.1. The molecular formula is C26H30N2O. The van der Waals surface area contributed by atoms with Crippen molar-refractivity contribution in [2.75, 3.05) is 6.54 Å². The minimum absolute atomic E-state index is 0.00784. The van der Waals surface area contributed by atoms with Crippen LogP contribution in [0, 0.1) is 5.92 Å². The maximum absolute atomic E-state index is 13.8. The van der Waals surface area contributed by atoms with Crippen molar-refractivity contribution in [1.82, 2.24) is 4.90 Å². The highest BCUT2D eigenvalue weighted by Gasteiger charge is 2.26. The summed E-state index contributed by atoms with van der Waals surface area (Å²) in [5, 5.41) is 0. The summed E-state index contributed by atoms with van der Waals surface area (Å²) in [6, 6.07) is 28.1. The van der Waals surface area contributed by atoms with Crippen LogP contribution in [0.2, 0.25) is 0 Å². The Morgan fingerprint density at radius 1 is 0.862 bits per heavy atom. The molecule has 3 rings (SSSR count). The SMILES string of the molecule is CC(C)C[C@@H](CN)N(Cc1ccccc1)C(=O)c1ccccc1-c1ccccc1. The fraction of sp³-hybridized carbons (Fsp3) is 0.269. The molecule has 2 N–H and O–H groups in total. The van der Waals surface area contributed by atoms with Gasteiger partial charge in [-0.1, -0.05) is 92.7 Å². The monoisotopic (exact) mass is 386 g/mol. The Hall–Kier alpha value is -2.91. The first kappa shape index (κ1) is 20.8. The molecule has 0 saturated carbocycles. The van der Waals surface area contributed by atoms with Crippen LogP contribution in [0.15, 0.2) is 84.9 Å². The minimum Gasteiger partial charge on any atom is -0.330 e. The van der Waals surface area contributed by atoms with E-state index in [1.807, 2.05) is 77.7 Å². The van der Waals surface area contributed by atoms with Gasteiger partial charge in [0.2, 0.25) is 0 Å². The van der Waals surface area contributed by atoms with Crippen LogP contribution in [-0.4, -0.2) is 23.4 Å². The zero-order valence-corrected chi connectivity index (χ0v) is 17.3. The summed E-state index contributed by atoms with van der Waals surface area (Å²) in [6.07, 6.45) is 0.878. The van der Waals surface area contributed by atoms with Gasteiger partial charge in [0, 0.05) is 24.7 Å². The molecule has 0 bridgehead atoms. The van der Waals surface area contributed by atoms with Crippen molar-refractivity contribution in [2.45, 2.75) is 32.9 Å². The number of carbonyl (C=O) groups excluding carboxylic acids is 1. The van der Waals surface area contributed by atoms with Crippen molar-refractivity contribution >= 4 is 5.91 Å². The second-order valence-corrected chi connectivity index (χ2v) is 7.85. The van der Waals surface area contributed by atoms with Gasteiger partial charge in [-0.25, -0.2) is 0 Å². The second-order valence-electron chi connectivity index (χ2n) is 7.85. The zero-order valence-electron chi connectivity index (χ0n) is 17.3. The number of nitrogens with zero attached hydrogens (tertiary/aromatic N) is 1. The van der Waals surface area contributed by atoms with E-state index in [-0.39, 0.29) is 11.9 Å². The highest BCUT2D eigenvalue weighted by atomic mass is 16.2. The molecular weight excluding hydrogens is 356 g/mol. The molecule has 0 saturated heterocycles. The predicted octanol–water partition coefficient (Wildman–Crippen LogP) is 5.37. The summed E-state index contributed by atoms with van der Waals surface area (Å²) in [5.74, 6) is 0.489. The van der Waals surface area contributed by atoms with Crippen molar-refractivity contribution in [1.29, 1.82) is 0 Å². The van der Waals surface area contributed by atoms with Gasteiger partial charge >= 0.3 is 0 Å². The molecule has 0 aliphatic heterocycles. The number of nitrogens with two attached hydrogens (primary N) is 1. The number of hydrogen-bond donors (Lipinski definition) is 1. The van der Waals surface area contributed by atoms with Gasteiger partial charge in [-0.15, -0.1) is 0 Å². The van der Waals surface area contributed by atoms with Crippen molar-refractivity contribution in [3.8, 4) is 11.1 Å². The molecule has 3 heteroatoms. The largest absolute Gasteiger partial charge is 0.330 e. The lowest BCUT2D eigenvalue weighted by molar-refractivity contribution is 0.0645. The molecule has 29 heavy (non-hydrogen) atoms. The van der Waals surface area contributed by atoms with E-state index >= 15 is 0 Å². The van der Waals surface area contributed by atoms with Crippen LogP contribution >= 0.6 is 0 Å². The van der Waals surface area contributed by atoms with Crippen LogP contribution in [0.5, 0.6) is 0 Å². The van der Waals surface area contributed by atoms with Crippen molar-refractivity contribution in [3.63, 3.8) is 0 Å². The third-order valence-corrected chi connectivity index (χ3v) is 5.16. The molecule has 0 unspecified atom stereocenters. The van der Waals surface area contributed by atoms with Gasteiger partial charge < -0.3 is 10.6 Å². The number of carbonyl (C=O) groups is 1. The molecule has 3 nitrogen and oxygen atoms in total. The highest BCUT2D eigenvalue weighted by Crippen LogP contribution is 2.26. The predicted molar refractivity (Wildman–Crippen MR) is 120 cm³/mol. The molecule has 3 aromatic rings. The Labute approximate surface area is 174 Å². The van der Waals surface area contributed by atoms with E-state index in [4.69, 9.17) is 5.73 Å². The lowest BCUT2D eigenvalue weighted by atomic mass is 9.96. The van der Waals surface area contributed by atoms with Crippen LogP contribution in [0.4, 0.5) is 0 Å². The average molecular weight is 387 g/mol. The maximum Gasteiger partial charge on any atom is 0.255 e. The molecule has 0 radical (unpaired) electrons. The van der Waals surface area contributed by atoms with Gasteiger partial charge in [-0.3, -0.25) is 4.79 Å². The molecule has 3 aromatic carbocycles. The van der Waals surface area contributed by atoms with Gasteiger partial charge in [0.25, 0.3) is 5.91 Å². The van der Waals surface area contributed by atoms with Crippen LogP contribution in [0.1, 0.15) is 36.2 Å². The molecule has 0 aliphatic carbocycles. The third-order valence-electron chi connectivity index (χ3n) is 5.16. The molecule has 0 fully saturated rings. The molecule has 150 valence electrons. The summed E-state index contributed by atoms with van der Waals surface area (Å²) in [5.41, 5.74) is 9.98. The highest BCUT2D eigenvalue weighted by molar-refractivity contribution is 6.01. The molecule has 1 amide bonds. The van der Waals surface area contributed by atoms with Gasteiger partial charge in [0.05, 0.1) is 0 Å². The Kier molecular flexibility index (Phi) is 7.20. The zero-order chi connectivity index (χ0) is 20.6. The normalized spacial score (nSPS) is 12.0. The lowest BCUT2D eigenvalue weighted by Crippen LogP contribution is -2.45. The van der Waals surface area contributed by atoms with E-state index in [2.05, 4.69) is 26.0 Å². The number of amides is 1. The van der Waals surface area contributed by atoms with E-state index in [1.165, 1.54) is 0 Å². The van der Waals surface area contributed by atoms with Crippen molar-refractivity contribution < 1.29 is 4.79 Å². The number of hydrogen-bond acceptors (Lipinski definition) is 2. The summed E-state index contributed by atoms with van der Waals surface area (Å²) in [7, 11) is 0. The fourth-order valence-electron chi connectivity index (χ4n) is 3.74. The molecule has 0 aliphatic rings. The minimum atomic E-state index is -0.00784. The van der Waals surface area contributed by atoms with E-state index < -0.39 is 0 Å². The summed E-state index contributed by atoms with van der Waals surface area (Å²) in [4.78, 5) is 15.8. The van der Waals surface area contributed by atoms with Crippen LogP contribution in [0.25, 0.3) is 11.1 Å². The van der Waals surface area contributed by atoms with Gasteiger partial charge in [0.1, 0.15) is 0 Å². The Balaban J connectivity index is 2.00. The third kappa shape index (κ3) is 5.33. The molecule has 1 atom stereocenters. The molecule has 0 spiro atoms. The smallest absolute Gasteiger partial charge is 0.255 e. The average Bonchev–Trinajstić information content (AvgIpc) is 2.77. The van der Waals surface area contributed by atoms with E-state index in [0.717, 1.165) is 28.7 Å². The first-order valence-corrected chi connectivity index (χ1v) is 10.3. The topological polar surface area (TPSA) is 46.3 Å². The quantitative estimate of drug-likeness (QED) is 0.566. The number of rotatable bonds is 8. The Morgan fingerprint density at radius 2 is 1.45 bits per heavy atom. The Bertz CT molecular complexity index is 906. The van der Waals surface area contributed by atoms with Crippen molar-refractivity contribution in [2.24, 2.45) is 11.7 Å². The van der Waals surface area contributed by atoms with E-state index in [1.54, 1.807) is 0 Å². The summed E-state index contributed by atoms with van der Waals surface area (Å²) >= 11 is 0. The van der Waals surface area contributed by atoms with Crippen molar-refractivity contribution in [3.05, 3.63) is 96.1 Å². The fourth-order valence-corrected chi connectivity index (χ4v) is 3.74. The standard InChI is InChI=1S/C26H30N2O/c1-20(2)17-23(18-27)28(19-21-11-5-3-6-12-21)26(29)25-16-10-9-15-24(25)22-13-7-4-8-14-22/h3-16,20,23H,17-19,27H2,1-2H3/t23-/m0/s1. The van der Waals surface area contributed by atoms with Crippen LogP contribution in [-0.2, 0) is 6.54 Å². The van der Waals surface area contributed by atoms with E-state index in [9.17, 15) is 4.79 Å². The molecule has 0 heterocycles. The van der Waals surface area contributed by atoms with Gasteiger partial charge in [0.15, 0.2) is 0 Å².